The summed E-state index contributed by atoms with van der Waals surface area (Å²) in [4.78, 5) is 11.1. The predicted octanol–water partition coefficient (Wildman–Crippen LogP) is 3.77. The molecule has 0 fully saturated rings. The molecule has 1 amide bonds. The third-order valence-corrected chi connectivity index (χ3v) is 1.85. The van der Waals surface area contributed by atoms with Crippen molar-refractivity contribution in [3.63, 3.8) is 0 Å². The Kier molecular flexibility index (Phi) is 31.4. The topological polar surface area (TPSA) is 38.3 Å². The van der Waals surface area contributed by atoms with Crippen LogP contribution in [0.2, 0.25) is 0 Å². The number of carbonyl (C=O) groups excluding carboxylic acids is 1. The van der Waals surface area contributed by atoms with Gasteiger partial charge in [0.05, 0.1) is 0 Å². The maximum absolute atomic E-state index is 11.1. The van der Waals surface area contributed by atoms with Crippen LogP contribution in [0, 0.1) is 0 Å². The molecule has 0 heterocycles. The molecule has 0 aliphatic heterocycles. The van der Waals surface area contributed by atoms with Gasteiger partial charge in [-0.05, 0) is 12.8 Å². The monoisotopic (exact) mass is 247 g/mol. The van der Waals surface area contributed by atoms with Crippen molar-refractivity contribution in [2.24, 2.45) is 0 Å². The van der Waals surface area contributed by atoms with Crippen LogP contribution >= 0.6 is 0 Å². The molecule has 0 aliphatic rings. The van der Waals surface area contributed by atoms with Crippen LogP contribution in [-0.2, 0) is 9.53 Å². The summed E-state index contributed by atoms with van der Waals surface area (Å²) in [5, 5.41) is 2.88. The Morgan fingerprint density at radius 1 is 1.06 bits per heavy atom. The van der Waals surface area contributed by atoms with Crippen LogP contribution in [-0.4, -0.2) is 26.2 Å². The molecule has 0 saturated heterocycles. The van der Waals surface area contributed by atoms with E-state index in [1.54, 1.807) is 7.11 Å². The van der Waals surface area contributed by atoms with Crippen molar-refractivity contribution in [1.29, 1.82) is 0 Å². The Balaban J connectivity index is -0.000000439. The van der Waals surface area contributed by atoms with E-state index >= 15 is 0 Å². The van der Waals surface area contributed by atoms with Gasteiger partial charge < -0.3 is 10.1 Å². The molecule has 3 nitrogen and oxygen atoms in total. The number of unbranched alkanes of at least 4 members (excludes halogenated alkanes) is 2. The summed E-state index contributed by atoms with van der Waals surface area (Å²) in [5.74, 6) is 0.146. The molecule has 3 heteroatoms. The first-order valence-electron chi connectivity index (χ1n) is 7.07. The number of carbonyl (C=O) groups is 1. The van der Waals surface area contributed by atoms with Gasteiger partial charge in [0.2, 0.25) is 5.91 Å². The molecule has 0 spiro atoms. The van der Waals surface area contributed by atoms with Crippen LogP contribution in [0.3, 0.4) is 0 Å². The van der Waals surface area contributed by atoms with Gasteiger partial charge in [0.15, 0.2) is 0 Å². The predicted molar refractivity (Wildman–Crippen MR) is 76.3 cm³/mol. The van der Waals surface area contributed by atoms with Crippen LogP contribution in [0.25, 0.3) is 0 Å². The van der Waals surface area contributed by atoms with E-state index in [1.807, 2.05) is 27.7 Å². The highest BCUT2D eigenvalue weighted by Crippen LogP contribution is 1.93. The molecule has 1 N–H and O–H groups in total. The van der Waals surface area contributed by atoms with Crippen LogP contribution < -0.4 is 5.32 Å². The molecule has 17 heavy (non-hydrogen) atoms. The zero-order valence-electron chi connectivity index (χ0n) is 12.8. The maximum Gasteiger partial charge on any atom is 0.220 e. The van der Waals surface area contributed by atoms with Gasteiger partial charge in [-0.2, -0.15) is 0 Å². The molecule has 0 aromatic heterocycles. The van der Waals surface area contributed by atoms with Gasteiger partial charge in [0, 0.05) is 26.7 Å². The Morgan fingerprint density at radius 3 is 2.12 bits per heavy atom. The van der Waals surface area contributed by atoms with Crippen LogP contribution in [0.1, 0.15) is 66.7 Å². The summed E-state index contributed by atoms with van der Waals surface area (Å²) in [6.07, 6.45) is 4.88. The Hall–Kier alpha value is -0.570. The Morgan fingerprint density at radius 2 is 1.65 bits per heavy atom. The second kappa shape index (κ2) is 24.6. The minimum Gasteiger partial charge on any atom is -0.385 e. The lowest BCUT2D eigenvalue weighted by molar-refractivity contribution is -0.121. The van der Waals surface area contributed by atoms with Gasteiger partial charge in [0.25, 0.3) is 0 Å². The quantitative estimate of drug-likeness (QED) is 0.663. The molecule has 0 unspecified atom stereocenters. The molecule has 0 aromatic carbocycles. The summed E-state index contributed by atoms with van der Waals surface area (Å²) in [6, 6.07) is 0. The molecule has 0 saturated carbocycles. The standard InChI is InChI=1S/C10H21NO2.2C2H6/c1-3-4-5-8-11-10(12)7-6-9-13-2;2*1-2/h3-9H2,1-2H3,(H,11,12);2*1-2H3. The lowest BCUT2D eigenvalue weighted by Gasteiger charge is -2.03. The number of rotatable bonds is 8. The van der Waals surface area contributed by atoms with Crippen molar-refractivity contribution in [3.05, 3.63) is 0 Å². The lowest BCUT2D eigenvalue weighted by atomic mass is 10.2. The maximum atomic E-state index is 11.1. The second-order valence-electron chi connectivity index (χ2n) is 3.15. The summed E-state index contributed by atoms with van der Waals surface area (Å²) < 4.78 is 4.86. The van der Waals surface area contributed by atoms with Crippen LogP contribution in [0.15, 0.2) is 0 Å². The fourth-order valence-electron chi connectivity index (χ4n) is 1.07. The number of amides is 1. The van der Waals surface area contributed by atoms with Gasteiger partial charge in [-0.25, -0.2) is 0 Å². The highest BCUT2D eigenvalue weighted by atomic mass is 16.5. The van der Waals surface area contributed by atoms with E-state index in [1.165, 1.54) is 12.8 Å². The Bertz CT molecular complexity index is 127. The average molecular weight is 247 g/mol. The summed E-state index contributed by atoms with van der Waals surface area (Å²) >= 11 is 0. The van der Waals surface area contributed by atoms with E-state index < -0.39 is 0 Å². The van der Waals surface area contributed by atoms with Gasteiger partial charge in [-0.15, -0.1) is 0 Å². The molecule has 0 atom stereocenters. The fraction of sp³-hybridized carbons (Fsp3) is 0.929. The van der Waals surface area contributed by atoms with Crippen molar-refractivity contribution in [2.45, 2.75) is 66.7 Å². The minimum absolute atomic E-state index is 0.146. The van der Waals surface area contributed by atoms with Crippen molar-refractivity contribution < 1.29 is 9.53 Å². The first-order valence-corrected chi connectivity index (χ1v) is 7.07. The van der Waals surface area contributed by atoms with Gasteiger partial charge in [0.1, 0.15) is 0 Å². The van der Waals surface area contributed by atoms with Crippen molar-refractivity contribution in [2.75, 3.05) is 20.3 Å². The van der Waals surface area contributed by atoms with Gasteiger partial charge in [-0.1, -0.05) is 47.5 Å². The number of hydrogen-bond acceptors (Lipinski definition) is 2. The largest absolute Gasteiger partial charge is 0.385 e. The number of nitrogens with one attached hydrogen (secondary N) is 1. The van der Waals surface area contributed by atoms with Gasteiger partial charge in [-0.3, -0.25) is 4.79 Å². The second-order valence-corrected chi connectivity index (χ2v) is 3.15. The van der Waals surface area contributed by atoms with E-state index in [2.05, 4.69) is 12.2 Å². The van der Waals surface area contributed by atoms with Crippen molar-refractivity contribution in [1.82, 2.24) is 5.32 Å². The number of ether oxygens (including phenoxy) is 1. The average Bonchev–Trinajstić information content (AvgIpc) is 2.40. The molecule has 0 bridgehead atoms. The zero-order chi connectivity index (χ0) is 13.9. The van der Waals surface area contributed by atoms with E-state index in [-0.39, 0.29) is 5.91 Å². The smallest absolute Gasteiger partial charge is 0.220 e. The molecule has 0 aliphatic carbocycles. The first-order chi connectivity index (χ1) is 8.31. The van der Waals surface area contributed by atoms with E-state index in [9.17, 15) is 4.79 Å². The SMILES string of the molecule is CC.CC.CCCCCNC(=O)CCCOC. The molecule has 0 aromatic rings. The van der Waals surface area contributed by atoms with Crippen LogP contribution in [0.5, 0.6) is 0 Å². The van der Waals surface area contributed by atoms with Crippen molar-refractivity contribution >= 4 is 5.91 Å². The molecule has 0 rings (SSSR count). The summed E-state index contributed by atoms with van der Waals surface area (Å²) in [7, 11) is 1.65. The fourth-order valence-corrected chi connectivity index (χ4v) is 1.07. The zero-order valence-corrected chi connectivity index (χ0v) is 12.8. The van der Waals surface area contributed by atoms with E-state index in [0.717, 1.165) is 19.4 Å². The van der Waals surface area contributed by atoms with Crippen molar-refractivity contribution in [3.8, 4) is 0 Å². The third kappa shape index (κ3) is 25.6. The molecular formula is C14H33NO2. The minimum atomic E-state index is 0.146. The summed E-state index contributed by atoms with van der Waals surface area (Å²) in [5.41, 5.74) is 0. The summed E-state index contributed by atoms with van der Waals surface area (Å²) in [6.45, 7) is 11.6. The van der Waals surface area contributed by atoms with E-state index in [4.69, 9.17) is 4.74 Å². The first kappa shape index (κ1) is 21.7. The highest BCUT2D eigenvalue weighted by molar-refractivity contribution is 5.75. The third-order valence-electron chi connectivity index (χ3n) is 1.85. The Labute approximate surface area is 108 Å². The van der Waals surface area contributed by atoms with Crippen LogP contribution in [0.4, 0.5) is 0 Å². The van der Waals surface area contributed by atoms with Gasteiger partial charge >= 0.3 is 0 Å². The lowest BCUT2D eigenvalue weighted by Crippen LogP contribution is -2.24. The van der Waals surface area contributed by atoms with E-state index in [0.29, 0.717) is 13.0 Å². The number of hydrogen-bond donors (Lipinski definition) is 1. The molecular weight excluding hydrogens is 214 g/mol. The molecule has 106 valence electrons. The normalized spacial score (nSPS) is 8.35. The number of methoxy groups -OCH3 is 1. The molecule has 0 radical (unpaired) electrons. The highest BCUT2D eigenvalue weighted by Gasteiger charge is 1.98.